The fourth-order valence-electron chi connectivity index (χ4n) is 4.18. The van der Waals surface area contributed by atoms with Crippen molar-refractivity contribution >= 4 is 33.6 Å². The van der Waals surface area contributed by atoms with Crippen LogP contribution in [0.5, 0.6) is 0 Å². The van der Waals surface area contributed by atoms with Crippen LogP contribution in [0.25, 0.3) is 6.08 Å². The van der Waals surface area contributed by atoms with Crippen LogP contribution in [-0.2, 0) is 24.3 Å². The molecule has 8 nitrogen and oxygen atoms in total. The van der Waals surface area contributed by atoms with Crippen LogP contribution in [0.4, 0.5) is 5.69 Å². The summed E-state index contributed by atoms with van der Waals surface area (Å²) in [6, 6.07) is 12.1. The zero-order valence-corrected chi connectivity index (χ0v) is 19.5. The van der Waals surface area contributed by atoms with E-state index in [0.717, 1.165) is 11.1 Å². The van der Waals surface area contributed by atoms with Crippen molar-refractivity contribution < 1.29 is 22.7 Å². The Morgan fingerprint density at radius 2 is 1.85 bits per heavy atom. The summed E-state index contributed by atoms with van der Waals surface area (Å²) in [5.74, 6) is -0.470. The highest BCUT2D eigenvalue weighted by atomic mass is 32.2. The van der Waals surface area contributed by atoms with E-state index in [-0.39, 0.29) is 23.1 Å². The van der Waals surface area contributed by atoms with Crippen LogP contribution in [-0.4, -0.2) is 55.7 Å². The van der Waals surface area contributed by atoms with Gasteiger partial charge in [-0.25, -0.2) is 8.42 Å². The number of rotatable bonds is 5. The molecule has 2 amide bonds. The SMILES string of the molecule is CC(=O)N1C=Cc2ccccc2[C@H]1CC(=O)Nc1ccc(C)c(S(=O)(=O)N2CCOCC2)c1. The number of amides is 2. The summed E-state index contributed by atoms with van der Waals surface area (Å²) in [6.07, 6.45) is 3.59. The molecule has 0 radical (unpaired) electrons. The molecular weight excluding hydrogens is 442 g/mol. The topological polar surface area (TPSA) is 96.0 Å². The Bertz CT molecular complexity index is 1200. The van der Waals surface area contributed by atoms with E-state index in [1.807, 2.05) is 30.3 Å². The van der Waals surface area contributed by atoms with Gasteiger partial charge in [-0.15, -0.1) is 0 Å². The predicted molar refractivity (Wildman–Crippen MR) is 125 cm³/mol. The molecule has 9 heteroatoms. The minimum Gasteiger partial charge on any atom is -0.379 e. The maximum atomic E-state index is 13.1. The van der Waals surface area contributed by atoms with Crippen molar-refractivity contribution in [2.45, 2.75) is 31.2 Å². The predicted octanol–water partition coefficient (Wildman–Crippen LogP) is 2.92. The Labute approximate surface area is 193 Å². The summed E-state index contributed by atoms with van der Waals surface area (Å²) in [7, 11) is -3.70. The summed E-state index contributed by atoms with van der Waals surface area (Å²) in [5, 5.41) is 2.81. The van der Waals surface area contributed by atoms with Crippen LogP contribution in [0.15, 0.2) is 53.6 Å². The van der Waals surface area contributed by atoms with Crippen molar-refractivity contribution in [1.82, 2.24) is 9.21 Å². The van der Waals surface area contributed by atoms with Gasteiger partial charge in [0, 0.05) is 31.9 Å². The Hall–Kier alpha value is -3.01. The highest BCUT2D eigenvalue weighted by molar-refractivity contribution is 7.89. The van der Waals surface area contributed by atoms with E-state index >= 15 is 0 Å². The Kier molecular flexibility index (Phi) is 6.64. The maximum Gasteiger partial charge on any atom is 0.243 e. The highest BCUT2D eigenvalue weighted by Gasteiger charge is 2.30. The number of carbonyl (C=O) groups is 2. The first-order valence-corrected chi connectivity index (χ1v) is 12.3. The zero-order valence-electron chi connectivity index (χ0n) is 18.7. The molecule has 2 aromatic carbocycles. The molecule has 0 unspecified atom stereocenters. The maximum absolute atomic E-state index is 13.1. The lowest BCUT2D eigenvalue weighted by molar-refractivity contribution is -0.129. The van der Waals surface area contributed by atoms with Gasteiger partial charge in [0.1, 0.15) is 0 Å². The number of morpholine rings is 1. The number of ether oxygens (including phenoxy) is 1. The van der Waals surface area contributed by atoms with Gasteiger partial charge in [0.2, 0.25) is 21.8 Å². The van der Waals surface area contributed by atoms with E-state index in [9.17, 15) is 18.0 Å². The van der Waals surface area contributed by atoms with Crippen LogP contribution in [0.3, 0.4) is 0 Å². The summed E-state index contributed by atoms with van der Waals surface area (Å²) in [5.41, 5.74) is 2.85. The number of nitrogens with zero attached hydrogens (tertiary/aromatic N) is 2. The third kappa shape index (κ3) is 4.85. The Balaban J connectivity index is 1.55. The molecule has 174 valence electrons. The first-order chi connectivity index (χ1) is 15.8. The molecule has 1 N–H and O–H groups in total. The Morgan fingerprint density at radius 3 is 2.58 bits per heavy atom. The van der Waals surface area contributed by atoms with Gasteiger partial charge >= 0.3 is 0 Å². The van der Waals surface area contributed by atoms with Gasteiger partial charge in [0.15, 0.2) is 0 Å². The molecule has 2 aliphatic rings. The first-order valence-electron chi connectivity index (χ1n) is 10.8. The van der Waals surface area contributed by atoms with Gasteiger partial charge in [-0.05, 0) is 41.8 Å². The van der Waals surface area contributed by atoms with Crippen LogP contribution in [0.1, 0.15) is 36.1 Å². The number of nitrogens with one attached hydrogen (secondary N) is 1. The molecule has 0 aromatic heterocycles. The quantitative estimate of drug-likeness (QED) is 0.727. The summed E-state index contributed by atoms with van der Waals surface area (Å²) < 4.78 is 32.9. The molecular formula is C24H27N3O5S. The van der Waals surface area contributed by atoms with Crippen LogP contribution >= 0.6 is 0 Å². The lowest BCUT2D eigenvalue weighted by Gasteiger charge is -2.32. The second-order valence-electron chi connectivity index (χ2n) is 8.14. The number of fused-ring (bicyclic) bond motifs is 1. The third-order valence-electron chi connectivity index (χ3n) is 5.91. The van der Waals surface area contributed by atoms with Crippen molar-refractivity contribution in [1.29, 1.82) is 0 Å². The molecule has 0 aliphatic carbocycles. The number of hydrogen-bond donors (Lipinski definition) is 1. The van der Waals surface area contributed by atoms with Gasteiger partial charge in [-0.3, -0.25) is 9.59 Å². The van der Waals surface area contributed by atoms with Gasteiger partial charge in [0.05, 0.1) is 30.6 Å². The standard InChI is InChI=1S/C24H27N3O5S/c1-17-7-8-20(15-23(17)33(30,31)26-11-13-32-14-12-26)25-24(29)16-22-21-6-4-3-5-19(21)9-10-27(22)18(2)28/h3-10,15,22H,11-14,16H2,1-2H3,(H,25,29)/t22-/m1/s1. The lowest BCUT2D eigenvalue weighted by atomic mass is 9.93. The van der Waals surface area contributed by atoms with E-state index in [1.54, 1.807) is 30.2 Å². The molecule has 0 bridgehead atoms. The van der Waals surface area contributed by atoms with Gasteiger partial charge < -0.3 is 15.0 Å². The van der Waals surface area contributed by atoms with Gasteiger partial charge in [0.25, 0.3) is 0 Å². The second-order valence-corrected chi connectivity index (χ2v) is 10.0. The number of hydrogen-bond acceptors (Lipinski definition) is 5. The third-order valence-corrected chi connectivity index (χ3v) is 7.95. The number of anilines is 1. The summed E-state index contributed by atoms with van der Waals surface area (Å²) in [4.78, 5) is 26.8. The molecule has 33 heavy (non-hydrogen) atoms. The molecule has 0 saturated carbocycles. The Morgan fingerprint density at radius 1 is 1.12 bits per heavy atom. The molecule has 0 spiro atoms. The fourth-order valence-corrected chi connectivity index (χ4v) is 5.84. The smallest absolute Gasteiger partial charge is 0.243 e. The van der Waals surface area contributed by atoms with E-state index in [4.69, 9.17) is 4.74 Å². The largest absolute Gasteiger partial charge is 0.379 e. The van der Waals surface area contributed by atoms with Crippen molar-refractivity contribution in [2.24, 2.45) is 0 Å². The van der Waals surface area contributed by atoms with E-state index in [1.165, 1.54) is 17.3 Å². The number of benzene rings is 2. The molecule has 2 aliphatic heterocycles. The average Bonchev–Trinajstić information content (AvgIpc) is 2.80. The number of sulfonamides is 1. The van der Waals surface area contributed by atoms with Gasteiger partial charge in [-0.2, -0.15) is 4.31 Å². The van der Waals surface area contributed by atoms with Crippen molar-refractivity contribution in [3.63, 3.8) is 0 Å². The second kappa shape index (κ2) is 9.46. The van der Waals surface area contributed by atoms with E-state index < -0.39 is 16.1 Å². The number of aryl methyl sites for hydroxylation is 1. The molecule has 1 fully saturated rings. The molecule has 1 saturated heterocycles. The average molecular weight is 470 g/mol. The summed E-state index contributed by atoms with van der Waals surface area (Å²) in [6.45, 7) is 4.51. The van der Waals surface area contributed by atoms with Crippen molar-refractivity contribution in [3.05, 3.63) is 65.4 Å². The zero-order chi connectivity index (χ0) is 23.6. The van der Waals surface area contributed by atoms with E-state index in [2.05, 4.69) is 5.32 Å². The lowest BCUT2D eigenvalue weighted by Crippen LogP contribution is -2.40. The van der Waals surface area contributed by atoms with Crippen LogP contribution in [0.2, 0.25) is 0 Å². The van der Waals surface area contributed by atoms with Crippen molar-refractivity contribution in [2.75, 3.05) is 31.6 Å². The molecule has 4 rings (SSSR count). The number of carbonyl (C=O) groups excluding carboxylic acids is 2. The minimum absolute atomic E-state index is 0.0420. The molecule has 1 atom stereocenters. The normalized spacial score (nSPS) is 18.6. The molecule has 2 heterocycles. The highest BCUT2D eigenvalue weighted by Crippen LogP contribution is 2.33. The first kappa shape index (κ1) is 23.2. The molecule has 2 aromatic rings. The monoisotopic (exact) mass is 469 g/mol. The fraction of sp³-hybridized carbons (Fsp3) is 0.333. The summed E-state index contributed by atoms with van der Waals surface area (Å²) >= 11 is 0. The minimum atomic E-state index is -3.70. The van der Waals surface area contributed by atoms with Crippen LogP contribution < -0.4 is 5.32 Å². The van der Waals surface area contributed by atoms with E-state index in [0.29, 0.717) is 37.6 Å². The van der Waals surface area contributed by atoms with Gasteiger partial charge in [-0.1, -0.05) is 30.3 Å². The van der Waals surface area contributed by atoms with Crippen LogP contribution in [0, 0.1) is 6.92 Å². The van der Waals surface area contributed by atoms with Crippen molar-refractivity contribution in [3.8, 4) is 0 Å².